The van der Waals surface area contributed by atoms with Crippen LogP contribution in [-0.4, -0.2) is 50.0 Å². The van der Waals surface area contributed by atoms with E-state index in [0.29, 0.717) is 16.6 Å². The number of hydrogen-bond acceptors (Lipinski definition) is 4. The van der Waals surface area contributed by atoms with Crippen molar-refractivity contribution in [2.45, 2.75) is 12.5 Å². The summed E-state index contributed by atoms with van der Waals surface area (Å²) in [5.74, 6) is 0.490. The second-order valence-corrected chi connectivity index (χ2v) is 5.69. The highest BCUT2D eigenvalue weighted by Gasteiger charge is 2.23. The quantitative estimate of drug-likeness (QED) is 0.821. The Morgan fingerprint density at radius 3 is 2.67 bits per heavy atom. The van der Waals surface area contributed by atoms with Crippen molar-refractivity contribution in [1.82, 2.24) is 10.2 Å². The van der Waals surface area contributed by atoms with Gasteiger partial charge in [-0.05, 0) is 40.0 Å². The molecular formula is C14H21BrClFN2O2. The van der Waals surface area contributed by atoms with Crippen LogP contribution in [0.2, 0.25) is 0 Å². The SMILES string of the molecule is COc1cc([C@@H](CCF)N2CCNCC2)cc(Br)c1O.Cl. The van der Waals surface area contributed by atoms with Gasteiger partial charge in [-0.25, -0.2) is 0 Å². The Labute approximate surface area is 139 Å². The third kappa shape index (κ3) is 4.45. The van der Waals surface area contributed by atoms with Gasteiger partial charge < -0.3 is 15.2 Å². The lowest BCUT2D eigenvalue weighted by molar-refractivity contribution is 0.157. The molecule has 7 heteroatoms. The van der Waals surface area contributed by atoms with Crippen molar-refractivity contribution in [2.24, 2.45) is 0 Å². The molecule has 1 saturated heterocycles. The molecule has 1 fully saturated rings. The van der Waals surface area contributed by atoms with E-state index in [-0.39, 0.29) is 30.9 Å². The third-order valence-electron chi connectivity index (χ3n) is 3.63. The highest BCUT2D eigenvalue weighted by molar-refractivity contribution is 9.10. The topological polar surface area (TPSA) is 44.7 Å². The summed E-state index contributed by atoms with van der Waals surface area (Å²) in [6.07, 6.45) is 0.445. The number of piperazine rings is 1. The van der Waals surface area contributed by atoms with Crippen LogP contribution in [-0.2, 0) is 0 Å². The molecule has 2 rings (SSSR count). The van der Waals surface area contributed by atoms with Crippen LogP contribution in [0, 0.1) is 0 Å². The van der Waals surface area contributed by atoms with Crippen LogP contribution in [0.15, 0.2) is 16.6 Å². The van der Waals surface area contributed by atoms with Crippen LogP contribution in [0.4, 0.5) is 4.39 Å². The van der Waals surface area contributed by atoms with Gasteiger partial charge in [0.2, 0.25) is 0 Å². The predicted molar refractivity (Wildman–Crippen MR) is 87.4 cm³/mol. The molecule has 0 unspecified atom stereocenters. The van der Waals surface area contributed by atoms with E-state index >= 15 is 0 Å². The summed E-state index contributed by atoms with van der Waals surface area (Å²) in [5.41, 5.74) is 0.964. The van der Waals surface area contributed by atoms with Gasteiger partial charge in [0, 0.05) is 32.2 Å². The van der Waals surface area contributed by atoms with E-state index in [1.54, 1.807) is 6.07 Å². The second kappa shape index (κ2) is 8.78. The van der Waals surface area contributed by atoms with Gasteiger partial charge >= 0.3 is 0 Å². The van der Waals surface area contributed by atoms with E-state index in [1.807, 2.05) is 6.07 Å². The summed E-state index contributed by atoms with van der Waals surface area (Å²) in [7, 11) is 1.51. The Morgan fingerprint density at radius 1 is 1.43 bits per heavy atom. The van der Waals surface area contributed by atoms with Crippen molar-refractivity contribution < 1.29 is 14.2 Å². The van der Waals surface area contributed by atoms with Gasteiger partial charge in [0.25, 0.3) is 0 Å². The summed E-state index contributed by atoms with van der Waals surface area (Å²) >= 11 is 3.33. The van der Waals surface area contributed by atoms with Crippen LogP contribution >= 0.6 is 28.3 Å². The number of nitrogens with one attached hydrogen (secondary N) is 1. The van der Waals surface area contributed by atoms with E-state index in [4.69, 9.17) is 4.74 Å². The molecule has 120 valence electrons. The molecule has 1 aromatic rings. The maximum atomic E-state index is 12.9. The van der Waals surface area contributed by atoms with Gasteiger partial charge in [-0.2, -0.15) is 0 Å². The number of nitrogens with zero attached hydrogens (tertiary/aromatic N) is 1. The number of hydrogen-bond donors (Lipinski definition) is 2. The zero-order valence-corrected chi connectivity index (χ0v) is 14.3. The average molecular weight is 384 g/mol. The number of phenols is 1. The Morgan fingerprint density at radius 2 is 2.10 bits per heavy atom. The van der Waals surface area contributed by atoms with Crippen molar-refractivity contribution in [1.29, 1.82) is 0 Å². The first-order chi connectivity index (χ1) is 9.67. The zero-order chi connectivity index (χ0) is 14.5. The highest BCUT2D eigenvalue weighted by Crippen LogP contribution is 2.38. The van der Waals surface area contributed by atoms with E-state index in [0.717, 1.165) is 31.7 Å². The standard InChI is InChI=1S/C14H20BrFN2O2.ClH/c1-20-13-9-10(8-11(15)14(13)19)12(2-3-16)18-6-4-17-5-7-18;/h8-9,12,17,19H,2-7H2,1H3;1H/t12-;/m1./s1. The molecule has 0 spiro atoms. The van der Waals surface area contributed by atoms with Gasteiger partial charge in [-0.3, -0.25) is 9.29 Å². The Hall–Kier alpha value is -0.560. The minimum absolute atomic E-state index is 0. The molecule has 0 aromatic heterocycles. The number of methoxy groups -OCH3 is 1. The van der Waals surface area contributed by atoms with Crippen molar-refractivity contribution in [3.63, 3.8) is 0 Å². The van der Waals surface area contributed by atoms with Crippen molar-refractivity contribution in [3.8, 4) is 11.5 Å². The van der Waals surface area contributed by atoms with Gasteiger partial charge in [0.1, 0.15) is 0 Å². The number of phenolic OH excluding ortho intramolecular Hbond substituents is 1. The van der Waals surface area contributed by atoms with Crippen LogP contribution in [0.25, 0.3) is 0 Å². The molecule has 0 saturated carbocycles. The fourth-order valence-corrected chi connectivity index (χ4v) is 3.06. The summed E-state index contributed by atoms with van der Waals surface area (Å²) in [5, 5.41) is 13.2. The molecule has 0 bridgehead atoms. The smallest absolute Gasteiger partial charge is 0.172 e. The largest absolute Gasteiger partial charge is 0.503 e. The highest BCUT2D eigenvalue weighted by atomic mass is 79.9. The van der Waals surface area contributed by atoms with Crippen molar-refractivity contribution in [3.05, 3.63) is 22.2 Å². The van der Waals surface area contributed by atoms with E-state index in [1.165, 1.54) is 7.11 Å². The van der Waals surface area contributed by atoms with Gasteiger partial charge in [0.05, 0.1) is 18.3 Å². The predicted octanol–water partition coefficient (Wildman–Crippen LogP) is 2.89. The number of ether oxygens (including phenoxy) is 1. The second-order valence-electron chi connectivity index (χ2n) is 4.83. The first kappa shape index (κ1) is 18.5. The van der Waals surface area contributed by atoms with Crippen molar-refractivity contribution >= 4 is 28.3 Å². The molecule has 1 heterocycles. The monoisotopic (exact) mass is 382 g/mol. The number of aromatic hydroxyl groups is 1. The van der Waals surface area contributed by atoms with Gasteiger partial charge in [-0.1, -0.05) is 0 Å². The molecule has 0 radical (unpaired) electrons. The van der Waals surface area contributed by atoms with E-state index in [2.05, 4.69) is 26.1 Å². The molecule has 2 N–H and O–H groups in total. The zero-order valence-electron chi connectivity index (χ0n) is 11.9. The minimum atomic E-state index is -0.366. The summed E-state index contributed by atoms with van der Waals surface area (Å²) < 4.78 is 18.7. The lowest BCUT2D eigenvalue weighted by atomic mass is 10.0. The third-order valence-corrected chi connectivity index (χ3v) is 4.23. The average Bonchev–Trinajstić information content (AvgIpc) is 2.48. The number of rotatable bonds is 5. The lowest BCUT2D eigenvalue weighted by Crippen LogP contribution is -2.45. The molecular weight excluding hydrogens is 363 g/mol. The first-order valence-corrected chi connectivity index (χ1v) is 7.53. The number of alkyl halides is 1. The van der Waals surface area contributed by atoms with Crippen molar-refractivity contribution in [2.75, 3.05) is 40.0 Å². The van der Waals surface area contributed by atoms with Crippen LogP contribution in [0.1, 0.15) is 18.0 Å². The summed E-state index contributed by atoms with van der Waals surface area (Å²) in [4.78, 5) is 2.27. The van der Waals surface area contributed by atoms with Crippen LogP contribution in [0.5, 0.6) is 11.5 Å². The lowest BCUT2D eigenvalue weighted by Gasteiger charge is -2.35. The Kier molecular flexibility index (Phi) is 7.73. The van der Waals surface area contributed by atoms with Gasteiger partial charge in [0.15, 0.2) is 11.5 Å². The number of benzene rings is 1. The maximum absolute atomic E-state index is 12.9. The molecule has 4 nitrogen and oxygen atoms in total. The maximum Gasteiger partial charge on any atom is 0.172 e. The fraction of sp³-hybridized carbons (Fsp3) is 0.571. The molecule has 1 aliphatic rings. The molecule has 1 aromatic carbocycles. The first-order valence-electron chi connectivity index (χ1n) is 6.74. The molecule has 0 amide bonds. The van der Waals surface area contributed by atoms with E-state index in [9.17, 15) is 9.50 Å². The van der Waals surface area contributed by atoms with Crippen LogP contribution in [0.3, 0.4) is 0 Å². The Bertz CT molecular complexity index is 459. The molecule has 1 aliphatic heterocycles. The fourth-order valence-electron chi connectivity index (χ4n) is 2.60. The Balaban J connectivity index is 0.00000220. The normalized spacial score (nSPS) is 17.1. The minimum Gasteiger partial charge on any atom is -0.503 e. The molecule has 21 heavy (non-hydrogen) atoms. The summed E-state index contributed by atoms with van der Waals surface area (Å²) in [6, 6.07) is 3.65. The van der Waals surface area contributed by atoms with Crippen LogP contribution < -0.4 is 10.1 Å². The number of halogens is 3. The summed E-state index contributed by atoms with van der Waals surface area (Å²) in [6.45, 7) is 3.25. The van der Waals surface area contributed by atoms with Gasteiger partial charge in [-0.15, -0.1) is 12.4 Å². The molecule has 0 aliphatic carbocycles. The molecule has 1 atom stereocenters. The van der Waals surface area contributed by atoms with E-state index < -0.39 is 0 Å².